The Hall–Kier alpha value is -3.28. The minimum atomic E-state index is -0.279. The summed E-state index contributed by atoms with van der Waals surface area (Å²) in [6.45, 7) is 1.52. The smallest absolute Gasteiger partial charge is 0.277 e. The highest BCUT2D eigenvalue weighted by atomic mass is 16.5. The molecule has 0 aliphatic carbocycles. The predicted molar refractivity (Wildman–Crippen MR) is 119 cm³/mol. The maximum Gasteiger partial charge on any atom is 0.277 e. The Kier molecular flexibility index (Phi) is 5.98. The molecule has 0 N–H and O–H groups in total. The zero-order valence-corrected chi connectivity index (χ0v) is 18.3. The highest BCUT2D eigenvalue weighted by molar-refractivity contribution is 6.35. The van der Waals surface area contributed by atoms with E-state index in [9.17, 15) is 9.59 Å². The lowest BCUT2D eigenvalue weighted by atomic mass is 9.89. The number of nitrogens with zero attached hydrogens (tertiary/aromatic N) is 2. The quantitative estimate of drug-likeness (QED) is 0.671. The lowest BCUT2D eigenvalue weighted by molar-refractivity contribution is -0.136. The highest BCUT2D eigenvalue weighted by Crippen LogP contribution is 2.37. The van der Waals surface area contributed by atoms with Crippen LogP contribution in [0.3, 0.4) is 0 Å². The van der Waals surface area contributed by atoms with Crippen molar-refractivity contribution in [1.82, 2.24) is 9.80 Å². The second-order valence-corrected chi connectivity index (χ2v) is 8.08. The summed E-state index contributed by atoms with van der Waals surface area (Å²) in [5.41, 5.74) is 2.95. The molecule has 2 aliphatic rings. The van der Waals surface area contributed by atoms with E-state index in [1.165, 1.54) is 10.5 Å². The number of carbonyl (C=O) groups is 2. The number of carbonyl (C=O) groups excluding carboxylic acids is 2. The summed E-state index contributed by atoms with van der Waals surface area (Å²) in [6, 6.07) is 15.8. The molecule has 0 atom stereocenters. The van der Waals surface area contributed by atoms with E-state index in [1.807, 2.05) is 12.1 Å². The molecule has 2 amide bonds. The lowest BCUT2D eigenvalue weighted by Crippen LogP contribution is -2.38. The molecule has 0 radical (unpaired) electrons. The summed E-state index contributed by atoms with van der Waals surface area (Å²) < 4.78 is 10.7. The largest absolute Gasteiger partial charge is 0.493 e. The molecule has 1 fully saturated rings. The van der Waals surface area contributed by atoms with Crippen LogP contribution in [0.4, 0.5) is 0 Å². The summed E-state index contributed by atoms with van der Waals surface area (Å²) in [7, 11) is 4.67. The standard InChI is InChI=1S/C25H28N2O4/c1-26-24(28)22(19-9-10-20(30-2)21(16-19)31-3)23(25(26)29)27-13-11-18(12-14-27)15-17-7-5-4-6-8-17/h4-10,16,18H,11-15H2,1-3H3. The SMILES string of the molecule is COc1ccc(C2=C(N3CCC(Cc4ccccc4)CC3)C(=O)N(C)C2=O)cc1OC. The van der Waals surface area contributed by atoms with Gasteiger partial charge in [0.15, 0.2) is 11.5 Å². The number of hydrogen-bond acceptors (Lipinski definition) is 5. The number of benzene rings is 2. The van der Waals surface area contributed by atoms with E-state index in [0.717, 1.165) is 32.4 Å². The van der Waals surface area contributed by atoms with Crippen molar-refractivity contribution >= 4 is 17.4 Å². The molecular formula is C25H28N2O4. The van der Waals surface area contributed by atoms with Gasteiger partial charge in [-0.3, -0.25) is 14.5 Å². The van der Waals surface area contributed by atoms with Gasteiger partial charge in [-0.05, 0) is 48.4 Å². The van der Waals surface area contributed by atoms with E-state index in [-0.39, 0.29) is 11.8 Å². The fourth-order valence-corrected chi connectivity index (χ4v) is 4.48. The van der Waals surface area contributed by atoms with Crippen LogP contribution in [-0.2, 0) is 16.0 Å². The first kappa shape index (κ1) is 21.0. The zero-order valence-electron chi connectivity index (χ0n) is 18.3. The Labute approximate surface area is 183 Å². The van der Waals surface area contributed by atoms with Crippen LogP contribution in [-0.4, -0.2) is 56.0 Å². The Morgan fingerprint density at radius 1 is 0.903 bits per heavy atom. The molecule has 0 unspecified atom stereocenters. The third-order valence-electron chi connectivity index (χ3n) is 6.23. The average molecular weight is 421 g/mol. The van der Waals surface area contributed by atoms with Gasteiger partial charge in [-0.15, -0.1) is 0 Å². The van der Waals surface area contributed by atoms with Gasteiger partial charge < -0.3 is 14.4 Å². The van der Waals surface area contributed by atoms with Crippen LogP contribution in [0.1, 0.15) is 24.0 Å². The van der Waals surface area contributed by atoms with Gasteiger partial charge in [0, 0.05) is 20.1 Å². The van der Waals surface area contributed by atoms with Crippen LogP contribution in [0.25, 0.3) is 5.57 Å². The number of amides is 2. The first-order valence-corrected chi connectivity index (χ1v) is 10.6. The highest BCUT2D eigenvalue weighted by Gasteiger charge is 2.40. The van der Waals surface area contributed by atoms with Crippen LogP contribution in [0.15, 0.2) is 54.2 Å². The Morgan fingerprint density at radius 3 is 2.23 bits per heavy atom. The summed E-state index contributed by atoms with van der Waals surface area (Å²) in [5.74, 6) is 1.17. The first-order chi connectivity index (χ1) is 15.0. The molecule has 31 heavy (non-hydrogen) atoms. The second-order valence-electron chi connectivity index (χ2n) is 8.08. The van der Waals surface area contributed by atoms with Crippen molar-refractivity contribution in [3.8, 4) is 11.5 Å². The molecule has 6 nitrogen and oxygen atoms in total. The van der Waals surface area contributed by atoms with Gasteiger partial charge >= 0.3 is 0 Å². The summed E-state index contributed by atoms with van der Waals surface area (Å²) in [5, 5.41) is 0. The minimum Gasteiger partial charge on any atom is -0.493 e. The molecular weight excluding hydrogens is 392 g/mol. The van der Waals surface area contributed by atoms with E-state index in [4.69, 9.17) is 9.47 Å². The Bertz CT molecular complexity index is 1010. The number of methoxy groups -OCH3 is 2. The number of piperidine rings is 1. The number of hydrogen-bond donors (Lipinski definition) is 0. The zero-order chi connectivity index (χ0) is 22.0. The summed E-state index contributed by atoms with van der Waals surface area (Å²) in [6.07, 6.45) is 3.02. The van der Waals surface area contributed by atoms with Gasteiger partial charge in [-0.1, -0.05) is 36.4 Å². The maximum absolute atomic E-state index is 13.0. The van der Waals surface area contributed by atoms with Crippen LogP contribution in [0.2, 0.25) is 0 Å². The molecule has 0 aromatic heterocycles. The summed E-state index contributed by atoms with van der Waals surface area (Å²) in [4.78, 5) is 29.3. The molecule has 4 rings (SSSR count). The third kappa shape index (κ3) is 4.02. The minimum absolute atomic E-state index is 0.240. The summed E-state index contributed by atoms with van der Waals surface area (Å²) >= 11 is 0. The van der Waals surface area contributed by atoms with Gasteiger partial charge in [-0.25, -0.2) is 0 Å². The van der Waals surface area contributed by atoms with E-state index >= 15 is 0 Å². The van der Waals surface area contributed by atoms with Crippen LogP contribution in [0, 0.1) is 5.92 Å². The number of likely N-dealkylation sites (N-methyl/N-ethyl adjacent to an activating group) is 1. The van der Waals surface area contributed by atoms with E-state index in [2.05, 4.69) is 29.2 Å². The van der Waals surface area contributed by atoms with Gasteiger partial charge in [0.05, 0.1) is 19.8 Å². The number of ether oxygens (including phenoxy) is 2. The van der Waals surface area contributed by atoms with Gasteiger partial charge in [0.25, 0.3) is 11.8 Å². The van der Waals surface area contributed by atoms with E-state index < -0.39 is 0 Å². The molecule has 0 saturated carbocycles. The fraction of sp³-hybridized carbons (Fsp3) is 0.360. The number of rotatable bonds is 6. The lowest BCUT2D eigenvalue weighted by Gasteiger charge is -2.34. The first-order valence-electron chi connectivity index (χ1n) is 10.6. The van der Waals surface area contributed by atoms with Crippen molar-refractivity contribution < 1.29 is 19.1 Å². The topological polar surface area (TPSA) is 59.1 Å². The van der Waals surface area contributed by atoms with Crippen molar-refractivity contribution in [2.24, 2.45) is 5.92 Å². The number of likely N-dealkylation sites (tertiary alicyclic amines) is 1. The van der Waals surface area contributed by atoms with Gasteiger partial charge in [0.2, 0.25) is 0 Å². The van der Waals surface area contributed by atoms with Gasteiger partial charge in [-0.2, -0.15) is 0 Å². The third-order valence-corrected chi connectivity index (χ3v) is 6.23. The van der Waals surface area contributed by atoms with Crippen LogP contribution in [0.5, 0.6) is 11.5 Å². The van der Waals surface area contributed by atoms with Crippen molar-refractivity contribution in [3.63, 3.8) is 0 Å². The van der Waals surface area contributed by atoms with Crippen LogP contribution < -0.4 is 9.47 Å². The van der Waals surface area contributed by atoms with Crippen molar-refractivity contribution in [2.75, 3.05) is 34.4 Å². The van der Waals surface area contributed by atoms with Gasteiger partial charge in [0.1, 0.15) is 5.70 Å². The molecule has 2 aromatic carbocycles. The Balaban J connectivity index is 1.59. The molecule has 2 aromatic rings. The molecule has 2 heterocycles. The van der Waals surface area contributed by atoms with Crippen molar-refractivity contribution in [3.05, 3.63) is 65.4 Å². The van der Waals surface area contributed by atoms with Crippen molar-refractivity contribution in [1.29, 1.82) is 0 Å². The molecule has 1 saturated heterocycles. The van der Waals surface area contributed by atoms with E-state index in [1.54, 1.807) is 33.4 Å². The van der Waals surface area contributed by atoms with E-state index in [0.29, 0.717) is 34.3 Å². The maximum atomic E-state index is 13.0. The predicted octanol–water partition coefficient (Wildman–Crippen LogP) is 3.37. The monoisotopic (exact) mass is 420 g/mol. The normalized spacial score (nSPS) is 17.5. The average Bonchev–Trinajstić information content (AvgIpc) is 3.03. The second kappa shape index (κ2) is 8.84. The fourth-order valence-electron chi connectivity index (χ4n) is 4.48. The Morgan fingerprint density at radius 2 is 1.58 bits per heavy atom. The molecule has 6 heteroatoms. The van der Waals surface area contributed by atoms with Crippen molar-refractivity contribution in [2.45, 2.75) is 19.3 Å². The molecule has 162 valence electrons. The molecule has 2 aliphatic heterocycles. The van der Waals surface area contributed by atoms with Crippen LogP contribution >= 0.6 is 0 Å². The molecule has 0 spiro atoms. The number of imide groups is 1. The molecule has 0 bridgehead atoms.